The van der Waals surface area contributed by atoms with Gasteiger partial charge in [0.1, 0.15) is 0 Å². The number of carbonyl (C=O) groups is 1. The third-order valence-corrected chi connectivity index (χ3v) is 4.50. The van der Waals surface area contributed by atoms with E-state index in [1.807, 2.05) is 23.0 Å². The first kappa shape index (κ1) is 15.7. The van der Waals surface area contributed by atoms with Gasteiger partial charge in [0.05, 0.1) is 11.6 Å². The Hall–Kier alpha value is -2.14. The Bertz CT molecular complexity index is 639. The number of benzene rings is 1. The zero-order chi connectivity index (χ0) is 16.1. The van der Waals surface area contributed by atoms with Crippen molar-refractivity contribution in [1.29, 1.82) is 0 Å². The molecule has 1 saturated heterocycles. The fourth-order valence-corrected chi connectivity index (χ4v) is 3.21. The second kappa shape index (κ2) is 7.42. The lowest BCUT2D eigenvalue weighted by molar-refractivity contribution is -0.143. The van der Waals surface area contributed by atoms with Gasteiger partial charge in [0.15, 0.2) is 0 Å². The van der Waals surface area contributed by atoms with Crippen molar-refractivity contribution in [2.45, 2.75) is 32.4 Å². The highest BCUT2D eigenvalue weighted by Crippen LogP contribution is 2.18. The molecule has 1 N–H and O–H groups in total. The Morgan fingerprint density at radius 1 is 1.26 bits per heavy atom. The number of nitrogens with zero attached hydrogens (tertiary/aromatic N) is 3. The van der Waals surface area contributed by atoms with Gasteiger partial charge in [-0.1, -0.05) is 30.3 Å². The van der Waals surface area contributed by atoms with Crippen LogP contribution < -0.4 is 0 Å². The van der Waals surface area contributed by atoms with E-state index in [1.165, 1.54) is 5.56 Å². The Morgan fingerprint density at radius 3 is 2.87 bits per heavy atom. The third-order valence-electron chi connectivity index (χ3n) is 4.50. The average Bonchev–Trinajstić information content (AvgIpc) is 3.01. The van der Waals surface area contributed by atoms with Crippen LogP contribution in [-0.4, -0.2) is 38.8 Å². The summed E-state index contributed by atoms with van der Waals surface area (Å²) in [5.74, 6) is -0.906. The van der Waals surface area contributed by atoms with Crippen molar-refractivity contribution in [3.63, 3.8) is 0 Å². The fraction of sp³-hybridized carbons (Fsp3) is 0.444. The highest BCUT2D eigenvalue weighted by Gasteiger charge is 2.25. The number of aromatic nitrogens is 2. The van der Waals surface area contributed by atoms with E-state index in [0.717, 1.165) is 44.6 Å². The molecule has 0 saturated carbocycles. The molecule has 1 fully saturated rings. The highest BCUT2D eigenvalue weighted by molar-refractivity contribution is 5.70. The van der Waals surface area contributed by atoms with Crippen LogP contribution in [0.1, 0.15) is 24.1 Å². The monoisotopic (exact) mass is 313 g/mol. The SMILES string of the molecule is O=C(O)[C@@H]1CCCN(Cc2ccnn2CCc2ccccc2)C1. The number of carboxylic acids is 1. The van der Waals surface area contributed by atoms with Gasteiger partial charge in [-0.2, -0.15) is 5.10 Å². The molecule has 0 spiro atoms. The molecule has 1 aromatic carbocycles. The van der Waals surface area contributed by atoms with Gasteiger partial charge in [0.2, 0.25) is 0 Å². The maximum Gasteiger partial charge on any atom is 0.307 e. The summed E-state index contributed by atoms with van der Waals surface area (Å²) in [4.78, 5) is 13.4. The van der Waals surface area contributed by atoms with Gasteiger partial charge >= 0.3 is 5.97 Å². The summed E-state index contributed by atoms with van der Waals surface area (Å²) in [5.41, 5.74) is 2.46. The second-order valence-electron chi connectivity index (χ2n) is 6.19. The van der Waals surface area contributed by atoms with E-state index in [9.17, 15) is 9.90 Å². The van der Waals surface area contributed by atoms with Gasteiger partial charge in [-0.05, 0) is 37.4 Å². The van der Waals surface area contributed by atoms with Crippen molar-refractivity contribution in [1.82, 2.24) is 14.7 Å². The Kier molecular flexibility index (Phi) is 5.08. The number of piperidine rings is 1. The molecular formula is C18H23N3O2. The summed E-state index contributed by atoms with van der Waals surface area (Å²) < 4.78 is 2.04. The molecule has 0 bridgehead atoms. The lowest BCUT2D eigenvalue weighted by atomic mass is 9.98. The molecule has 1 aliphatic rings. The van der Waals surface area contributed by atoms with Crippen LogP contribution in [0, 0.1) is 5.92 Å². The largest absolute Gasteiger partial charge is 0.481 e. The lowest BCUT2D eigenvalue weighted by Crippen LogP contribution is -2.38. The Morgan fingerprint density at radius 2 is 2.09 bits per heavy atom. The van der Waals surface area contributed by atoms with Crippen molar-refractivity contribution >= 4 is 5.97 Å². The van der Waals surface area contributed by atoms with Crippen LogP contribution in [-0.2, 0) is 24.3 Å². The van der Waals surface area contributed by atoms with Crippen LogP contribution in [0.3, 0.4) is 0 Å². The van der Waals surface area contributed by atoms with Crippen molar-refractivity contribution in [2.24, 2.45) is 5.92 Å². The second-order valence-corrected chi connectivity index (χ2v) is 6.19. The molecule has 122 valence electrons. The first-order valence-electron chi connectivity index (χ1n) is 8.22. The van der Waals surface area contributed by atoms with E-state index in [0.29, 0.717) is 6.54 Å². The van der Waals surface area contributed by atoms with Gasteiger partial charge in [-0.25, -0.2) is 0 Å². The molecule has 23 heavy (non-hydrogen) atoms. The third kappa shape index (κ3) is 4.20. The van der Waals surface area contributed by atoms with Gasteiger partial charge < -0.3 is 5.11 Å². The van der Waals surface area contributed by atoms with E-state index in [-0.39, 0.29) is 5.92 Å². The lowest BCUT2D eigenvalue weighted by Gasteiger charge is -2.30. The topological polar surface area (TPSA) is 58.4 Å². The van der Waals surface area contributed by atoms with Crippen LogP contribution >= 0.6 is 0 Å². The van der Waals surface area contributed by atoms with E-state index in [2.05, 4.69) is 34.3 Å². The number of carboxylic acid groups (broad SMARTS) is 1. The molecule has 2 aromatic rings. The highest BCUT2D eigenvalue weighted by atomic mass is 16.4. The average molecular weight is 313 g/mol. The standard InChI is InChI=1S/C18H23N3O2/c22-18(23)16-7-4-11-20(13-16)14-17-8-10-19-21(17)12-9-15-5-2-1-3-6-15/h1-3,5-6,8,10,16H,4,7,9,11-14H2,(H,22,23)/t16-/m1/s1. The molecule has 5 nitrogen and oxygen atoms in total. The predicted octanol–water partition coefficient (Wildman–Crippen LogP) is 2.42. The number of likely N-dealkylation sites (tertiary alicyclic amines) is 1. The van der Waals surface area contributed by atoms with Gasteiger partial charge in [-0.15, -0.1) is 0 Å². The summed E-state index contributed by atoms with van der Waals surface area (Å²) in [7, 11) is 0. The van der Waals surface area contributed by atoms with Crippen molar-refractivity contribution in [2.75, 3.05) is 13.1 Å². The van der Waals surface area contributed by atoms with Crippen LogP contribution in [0.5, 0.6) is 0 Å². The zero-order valence-corrected chi connectivity index (χ0v) is 13.3. The minimum atomic E-state index is -0.674. The van der Waals surface area contributed by atoms with Gasteiger partial charge in [0, 0.05) is 25.8 Å². The minimum absolute atomic E-state index is 0.232. The maximum absolute atomic E-state index is 11.2. The molecule has 1 aliphatic heterocycles. The predicted molar refractivity (Wildman–Crippen MR) is 88.0 cm³/mol. The Balaban J connectivity index is 1.59. The molecule has 0 unspecified atom stereocenters. The number of hydrogen-bond acceptors (Lipinski definition) is 3. The number of rotatable bonds is 6. The van der Waals surface area contributed by atoms with E-state index in [4.69, 9.17) is 0 Å². The first-order chi connectivity index (χ1) is 11.2. The molecular weight excluding hydrogens is 290 g/mol. The van der Waals surface area contributed by atoms with E-state index < -0.39 is 5.97 Å². The van der Waals surface area contributed by atoms with Gasteiger partial charge in [-0.3, -0.25) is 14.4 Å². The first-order valence-corrected chi connectivity index (χ1v) is 8.22. The number of aryl methyl sites for hydroxylation is 2. The molecule has 5 heteroatoms. The van der Waals surface area contributed by atoms with E-state index >= 15 is 0 Å². The molecule has 3 rings (SSSR count). The summed E-state index contributed by atoms with van der Waals surface area (Å²) in [6, 6.07) is 12.4. The summed E-state index contributed by atoms with van der Waals surface area (Å²) in [5, 5.41) is 13.6. The summed E-state index contributed by atoms with van der Waals surface area (Å²) in [6.07, 6.45) is 4.53. The molecule has 1 atom stereocenters. The molecule has 0 radical (unpaired) electrons. The number of hydrogen-bond donors (Lipinski definition) is 1. The quantitative estimate of drug-likeness (QED) is 0.890. The van der Waals surface area contributed by atoms with Crippen LogP contribution in [0.25, 0.3) is 0 Å². The molecule has 0 amide bonds. The van der Waals surface area contributed by atoms with Crippen molar-refractivity contribution in [3.8, 4) is 0 Å². The van der Waals surface area contributed by atoms with E-state index in [1.54, 1.807) is 0 Å². The number of aliphatic carboxylic acids is 1. The smallest absolute Gasteiger partial charge is 0.307 e. The van der Waals surface area contributed by atoms with Crippen molar-refractivity contribution in [3.05, 3.63) is 53.9 Å². The van der Waals surface area contributed by atoms with Crippen LogP contribution in [0.4, 0.5) is 0 Å². The van der Waals surface area contributed by atoms with Crippen molar-refractivity contribution < 1.29 is 9.90 Å². The summed E-state index contributed by atoms with van der Waals surface area (Å²) in [6.45, 7) is 3.23. The minimum Gasteiger partial charge on any atom is -0.481 e. The van der Waals surface area contributed by atoms with Crippen LogP contribution in [0.2, 0.25) is 0 Å². The molecule has 0 aliphatic carbocycles. The molecule has 1 aromatic heterocycles. The Labute approximate surface area is 136 Å². The summed E-state index contributed by atoms with van der Waals surface area (Å²) >= 11 is 0. The fourth-order valence-electron chi connectivity index (χ4n) is 3.21. The van der Waals surface area contributed by atoms with Gasteiger partial charge in [0.25, 0.3) is 0 Å². The molecule has 2 heterocycles. The van der Waals surface area contributed by atoms with Crippen LogP contribution in [0.15, 0.2) is 42.6 Å². The normalized spacial score (nSPS) is 18.9. The zero-order valence-electron chi connectivity index (χ0n) is 13.3. The maximum atomic E-state index is 11.2.